The van der Waals surface area contributed by atoms with E-state index in [1.54, 1.807) is 50.1 Å². The van der Waals surface area contributed by atoms with Gasteiger partial charge in [0.05, 0.1) is 18.1 Å². The molecule has 69 heavy (non-hydrogen) atoms. The molecule has 0 spiro atoms. The van der Waals surface area contributed by atoms with Gasteiger partial charge in [-0.05, 0) is 129 Å². The Balaban J connectivity index is 1.12. The second-order valence-electron chi connectivity index (χ2n) is 21.0. The van der Waals surface area contributed by atoms with Gasteiger partial charge in [0.2, 0.25) is 29.5 Å². The molecule has 0 saturated carbocycles. The minimum atomic E-state index is -0.955. The Labute approximate surface area is 407 Å². The zero-order chi connectivity index (χ0) is 50.4. The lowest BCUT2D eigenvalue weighted by Crippen LogP contribution is -2.59. The number of rotatable bonds is 15. The maximum atomic E-state index is 14.5. The number of aryl methyl sites for hydroxylation is 1. The number of likely N-dealkylation sites (N-methyl/N-ethyl adjacent to an activating group) is 2. The van der Waals surface area contributed by atoms with Gasteiger partial charge >= 0.3 is 0 Å². The minimum Gasteiger partial charge on any atom is -0.347 e. The number of amides is 7. The van der Waals surface area contributed by atoms with E-state index in [9.17, 15) is 33.6 Å². The van der Waals surface area contributed by atoms with E-state index in [0.717, 1.165) is 36.0 Å². The Morgan fingerprint density at radius 2 is 1.33 bits per heavy atom. The number of nitrogens with zero attached hydrogens (tertiary/aromatic N) is 2. The van der Waals surface area contributed by atoms with E-state index >= 15 is 0 Å². The summed E-state index contributed by atoms with van der Waals surface area (Å²) in [4.78, 5) is 99.4. The quantitative estimate of drug-likeness (QED) is 0.115. The minimum absolute atomic E-state index is 0.0465. The number of fused-ring (bicyclic) bond motifs is 2. The number of benzene rings is 3. The molecule has 16 nitrogen and oxygen atoms in total. The van der Waals surface area contributed by atoms with E-state index < -0.39 is 58.9 Å². The lowest BCUT2D eigenvalue weighted by atomic mass is 9.85. The third-order valence-corrected chi connectivity index (χ3v) is 13.6. The average Bonchev–Trinajstić information content (AvgIpc) is 3.74. The van der Waals surface area contributed by atoms with Crippen LogP contribution in [0.5, 0.6) is 0 Å². The average molecular weight is 948 g/mol. The highest BCUT2D eigenvalue weighted by molar-refractivity contribution is 6.05. The van der Waals surface area contributed by atoms with Gasteiger partial charge in [-0.15, -0.1) is 0 Å². The molecular weight excluding hydrogens is 875 g/mol. The number of likely N-dealkylation sites (tertiary alicyclic amines) is 1. The van der Waals surface area contributed by atoms with Crippen molar-refractivity contribution in [3.63, 3.8) is 0 Å². The van der Waals surface area contributed by atoms with Crippen LogP contribution < -0.4 is 37.2 Å². The summed E-state index contributed by atoms with van der Waals surface area (Å²) in [5, 5.41) is 21.1. The highest BCUT2D eigenvalue weighted by Crippen LogP contribution is 2.32. The number of hydrogen-bond donors (Lipinski definition) is 7. The van der Waals surface area contributed by atoms with Crippen LogP contribution in [0.2, 0.25) is 0 Å². The second-order valence-corrected chi connectivity index (χ2v) is 21.0. The van der Waals surface area contributed by atoms with E-state index in [1.807, 2.05) is 84.9 Å². The van der Waals surface area contributed by atoms with Crippen LogP contribution in [0.1, 0.15) is 131 Å². The highest BCUT2D eigenvalue weighted by Gasteiger charge is 2.46. The molecule has 3 aromatic carbocycles. The van der Waals surface area contributed by atoms with Crippen LogP contribution in [0.15, 0.2) is 66.7 Å². The second kappa shape index (κ2) is 22.1. The van der Waals surface area contributed by atoms with Gasteiger partial charge in [-0.1, -0.05) is 78.8 Å². The van der Waals surface area contributed by atoms with Crippen LogP contribution in [0.25, 0.3) is 0 Å². The summed E-state index contributed by atoms with van der Waals surface area (Å²) in [5.41, 5.74) is 4.12. The van der Waals surface area contributed by atoms with Crippen LogP contribution in [0.4, 0.5) is 5.69 Å². The molecule has 6 rings (SSSR count). The summed E-state index contributed by atoms with van der Waals surface area (Å²) in [6.07, 6.45) is 3.37. The summed E-state index contributed by atoms with van der Waals surface area (Å²) in [7, 11) is 1.66. The van der Waals surface area contributed by atoms with Crippen molar-refractivity contribution < 1.29 is 33.6 Å². The number of carbonyl (C=O) groups is 7. The SMILES string of the molecule is CCN[C@@H](C)C(=O)N[C@H](C(=O)N1CCc2ccc(NC(=O)c3ccc(C(=O)N[C@H]4C[C@@H](C(=O)N[C@@H]5CCCc6ccccc65)N(C(=O)[C@@H](NC(=O)[C@H](C)NC)C(C)(C)C)C4)cc3)cc2C1)C(C)(C)C. The van der Waals surface area contributed by atoms with Gasteiger partial charge in [0.15, 0.2) is 0 Å². The normalized spacial score (nSPS) is 19.7. The van der Waals surface area contributed by atoms with Crippen LogP contribution >= 0.6 is 0 Å². The van der Waals surface area contributed by atoms with Gasteiger partial charge in [0.1, 0.15) is 18.1 Å². The van der Waals surface area contributed by atoms with Crippen molar-refractivity contribution in [3.8, 4) is 0 Å². The fraction of sp³-hybridized carbons (Fsp3) is 0.528. The van der Waals surface area contributed by atoms with Crippen molar-refractivity contribution in [2.75, 3.05) is 32.0 Å². The Morgan fingerprint density at radius 3 is 1.97 bits per heavy atom. The molecule has 1 saturated heterocycles. The van der Waals surface area contributed by atoms with Gasteiger partial charge in [-0.3, -0.25) is 33.6 Å². The molecule has 0 aromatic heterocycles. The predicted molar refractivity (Wildman–Crippen MR) is 266 cm³/mol. The molecule has 7 amide bonds. The van der Waals surface area contributed by atoms with Crippen LogP contribution in [0.3, 0.4) is 0 Å². The lowest BCUT2D eigenvalue weighted by molar-refractivity contribution is -0.144. The van der Waals surface area contributed by atoms with Crippen LogP contribution in [-0.2, 0) is 43.4 Å². The van der Waals surface area contributed by atoms with Crippen molar-refractivity contribution in [1.82, 2.24) is 41.7 Å². The Hall–Kier alpha value is -6.13. The number of carbonyl (C=O) groups excluding carboxylic acids is 7. The number of anilines is 1. The van der Waals surface area contributed by atoms with Crippen LogP contribution in [-0.4, -0.2) is 114 Å². The van der Waals surface area contributed by atoms with Gasteiger partial charge < -0.3 is 47.0 Å². The summed E-state index contributed by atoms with van der Waals surface area (Å²) in [6.45, 7) is 18.3. The first-order chi connectivity index (χ1) is 32.6. The maximum absolute atomic E-state index is 14.5. The molecule has 7 N–H and O–H groups in total. The van der Waals surface area contributed by atoms with Crippen molar-refractivity contribution in [2.45, 2.75) is 143 Å². The smallest absolute Gasteiger partial charge is 0.255 e. The summed E-state index contributed by atoms with van der Waals surface area (Å²) < 4.78 is 0. The first-order valence-electron chi connectivity index (χ1n) is 24.4. The van der Waals surface area contributed by atoms with Crippen molar-refractivity contribution in [2.24, 2.45) is 10.8 Å². The Bertz CT molecular complexity index is 2390. The fourth-order valence-electron chi connectivity index (χ4n) is 9.38. The maximum Gasteiger partial charge on any atom is 0.255 e. The van der Waals surface area contributed by atoms with E-state index in [-0.39, 0.29) is 54.1 Å². The van der Waals surface area contributed by atoms with Gasteiger partial charge in [0.25, 0.3) is 11.8 Å². The van der Waals surface area contributed by atoms with E-state index in [1.165, 1.54) is 10.5 Å². The number of nitrogens with one attached hydrogen (secondary N) is 7. The molecule has 3 aliphatic rings. The molecule has 1 fully saturated rings. The van der Waals surface area contributed by atoms with Gasteiger partial charge in [0, 0.05) is 42.5 Å². The molecule has 2 aliphatic heterocycles. The van der Waals surface area contributed by atoms with Crippen molar-refractivity contribution in [1.29, 1.82) is 0 Å². The molecule has 372 valence electrons. The van der Waals surface area contributed by atoms with E-state index in [0.29, 0.717) is 37.3 Å². The third kappa shape index (κ3) is 12.8. The summed E-state index contributed by atoms with van der Waals surface area (Å²) in [6, 6.07) is 15.5. The van der Waals surface area contributed by atoms with Gasteiger partial charge in [-0.25, -0.2) is 0 Å². The molecule has 2 heterocycles. The standard InChI is InChI=1S/C53H73N9O7/c1-11-55-32(3)46(64)59-43(52(4,5)6)50(68)61-26-25-33-23-24-38(27-37(33)29-61)56-47(65)35-19-21-36(22-20-35)48(66)57-39-28-42(49(67)58-41-18-14-16-34-15-12-13-17-40(34)41)62(30-39)51(69)44(53(7,8)9)60-45(63)31(2)54-10/h12-13,15,17,19-24,27,31-32,39,41-44,54-55H,11,14,16,18,25-26,28-30H2,1-10H3,(H,56,65)(H,57,66)(H,58,67)(H,59,64)(H,60,63)/t31-,32-,39-,41+,42-,43+,44+/m0/s1. The topological polar surface area (TPSA) is 210 Å². The zero-order valence-corrected chi connectivity index (χ0v) is 42.0. The molecule has 3 aromatic rings. The van der Waals surface area contributed by atoms with Gasteiger partial charge in [-0.2, -0.15) is 0 Å². The van der Waals surface area contributed by atoms with Crippen molar-refractivity contribution >= 4 is 47.0 Å². The van der Waals surface area contributed by atoms with E-state index in [4.69, 9.17) is 0 Å². The molecular formula is C53H73N9O7. The first kappa shape index (κ1) is 52.2. The van der Waals surface area contributed by atoms with Crippen molar-refractivity contribution in [3.05, 3.63) is 100 Å². The van der Waals surface area contributed by atoms with Crippen LogP contribution in [0, 0.1) is 10.8 Å². The predicted octanol–water partition coefficient (Wildman–Crippen LogP) is 4.38. The Morgan fingerprint density at radius 1 is 0.710 bits per heavy atom. The molecule has 7 atom stereocenters. The summed E-state index contributed by atoms with van der Waals surface area (Å²) in [5.74, 6) is -2.30. The number of hydrogen-bond acceptors (Lipinski definition) is 9. The highest BCUT2D eigenvalue weighted by atomic mass is 16.2. The molecule has 0 radical (unpaired) electrons. The molecule has 1 aliphatic carbocycles. The first-order valence-corrected chi connectivity index (χ1v) is 24.4. The molecule has 16 heteroatoms. The van der Waals surface area contributed by atoms with E-state index in [2.05, 4.69) is 43.3 Å². The third-order valence-electron chi connectivity index (χ3n) is 13.6. The zero-order valence-electron chi connectivity index (χ0n) is 42.0. The Kier molecular flexibility index (Phi) is 16.7. The lowest BCUT2D eigenvalue weighted by Gasteiger charge is -2.37. The largest absolute Gasteiger partial charge is 0.347 e. The summed E-state index contributed by atoms with van der Waals surface area (Å²) >= 11 is 0. The fourth-order valence-corrected chi connectivity index (χ4v) is 9.38. The molecule has 0 unspecified atom stereocenters. The monoisotopic (exact) mass is 948 g/mol. The molecule has 0 bridgehead atoms.